The van der Waals surface area contributed by atoms with Gasteiger partial charge in [0.1, 0.15) is 17.0 Å². The minimum Gasteiger partial charge on any atom is -0.393 e. The number of nitrogen functional groups attached to an aromatic ring is 1. The first-order valence-corrected chi connectivity index (χ1v) is 4.89. The molecule has 4 nitrogen and oxygen atoms in total. The molecule has 0 bridgehead atoms. The maximum absolute atomic E-state index is 11.0. The SMILES string of the molecule is Cc1ccc(-n2cnc(=O)c(N)c2)s1. The quantitative estimate of drug-likeness (QED) is 0.764. The largest absolute Gasteiger partial charge is 0.393 e. The fourth-order valence-corrected chi connectivity index (χ4v) is 1.92. The Morgan fingerprint density at radius 3 is 2.86 bits per heavy atom. The summed E-state index contributed by atoms with van der Waals surface area (Å²) in [6.07, 6.45) is 3.06. The molecule has 2 aromatic rings. The topological polar surface area (TPSA) is 60.9 Å². The van der Waals surface area contributed by atoms with Crippen molar-refractivity contribution < 1.29 is 0 Å². The highest BCUT2D eigenvalue weighted by atomic mass is 32.1. The van der Waals surface area contributed by atoms with Crippen LogP contribution in [0.1, 0.15) is 4.88 Å². The molecule has 0 amide bonds. The zero-order chi connectivity index (χ0) is 10.1. The highest BCUT2D eigenvalue weighted by molar-refractivity contribution is 7.14. The second kappa shape index (κ2) is 3.26. The summed E-state index contributed by atoms with van der Waals surface area (Å²) < 4.78 is 1.74. The summed E-state index contributed by atoms with van der Waals surface area (Å²) in [5.41, 5.74) is 5.26. The van der Waals surface area contributed by atoms with Crippen molar-refractivity contribution in [2.45, 2.75) is 6.92 Å². The number of anilines is 1. The summed E-state index contributed by atoms with van der Waals surface area (Å²) in [7, 11) is 0. The van der Waals surface area contributed by atoms with E-state index in [-0.39, 0.29) is 11.2 Å². The van der Waals surface area contributed by atoms with E-state index in [0.717, 1.165) is 5.00 Å². The monoisotopic (exact) mass is 207 g/mol. The molecule has 0 aliphatic rings. The van der Waals surface area contributed by atoms with Crippen LogP contribution in [-0.2, 0) is 0 Å². The number of rotatable bonds is 1. The van der Waals surface area contributed by atoms with Crippen LogP contribution in [0.2, 0.25) is 0 Å². The normalized spacial score (nSPS) is 10.4. The van der Waals surface area contributed by atoms with Crippen molar-refractivity contribution in [2.24, 2.45) is 0 Å². The first-order chi connectivity index (χ1) is 6.66. The zero-order valence-corrected chi connectivity index (χ0v) is 8.41. The Bertz CT molecular complexity index is 515. The number of aryl methyl sites for hydroxylation is 1. The van der Waals surface area contributed by atoms with E-state index in [4.69, 9.17) is 5.73 Å². The molecule has 5 heteroatoms. The molecule has 0 radical (unpaired) electrons. The molecule has 0 atom stereocenters. The van der Waals surface area contributed by atoms with E-state index in [1.807, 2.05) is 19.1 Å². The van der Waals surface area contributed by atoms with Crippen molar-refractivity contribution in [2.75, 3.05) is 5.73 Å². The third-order valence-corrected chi connectivity index (χ3v) is 2.82. The van der Waals surface area contributed by atoms with Crippen LogP contribution in [0.25, 0.3) is 5.00 Å². The molecule has 0 aliphatic heterocycles. The van der Waals surface area contributed by atoms with Crippen LogP contribution < -0.4 is 11.3 Å². The summed E-state index contributed by atoms with van der Waals surface area (Å²) >= 11 is 1.62. The number of hydrogen-bond acceptors (Lipinski definition) is 4. The van der Waals surface area contributed by atoms with Gasteiger partial charge in [0.2, 0.25) is 0 Å². The van der Waals surface area contributed by atoms with Crippen molar-refractivity contribution in [3.63, 3.8) is 0 Å². The van der Waals surface area contributed by atoms with Crippen LogP contribution in [0, 0.1) is 6.92 Å². The van der Waals surface area contributed by atoms with Gasteiger partial charge in [0, 0.05) is 11.1 Å². The second-order valence-corrected chi connectivity index (χ2v) is 4.19. The second-order valence-electron chi connectivity index (χ2n) is 2.93. The van der Waals surface area contributed by atoms with Gasteiger partial charge in [-0.3, -0.25) is 9.36 Å². The van der Waals surface area contributed by atoms with Gasteiger partial charge < -0.3 is 5.73 Å². The molecule has 2 heterocycles. The van der Waals surface area contributed by atoms with Crippen molar-refractivity contribution in [1.82, 2.24) is 9.55 Å². The lowest BCUT2D eigenvalue weighted by atomic mass is 10.5. The zero-order valence-electron chi connectivity index (χ0n) is 7.60. The molecule has 72 valence electrons. The molecular weight excluding hydrogens is 198 g/mol. The molecule has 14 heavy (non-hydrogen) atoms. The Kier molecular flexibility index (Phi) is 2.09. The van der Waals surface area contributed by atoms with Crippen molar-refractivity contribution in [3.05, 3.63) is 39.9 Å². The number of thiophene rings is 1. The van der Waals surface area contributed by atoms with Gasteiger partial charge in [0.05, 0.1) is 0 Å². The molecule has 0 saturated carbocycles. The van der Waals surface area contributed by atoms with E-state index in [9.17, 15) is 4.79 Å². The highest BCUT2D eigenvalue weighted by Gasteiger charge is 2.00. The van der Waals surface area contributed by atoms with Gasteiger partial charge >= 0.3 is 0 Å². The lowest BCUT2D eigenvalue weighted by Gasteiger charge is -2.01. The Hall–Kier alpha value is -1.62. The standard InChI is InChI=1S/C9H9N3OS/c1-6-2-3-8(14-6)12-4-7(10)9(13)11-5-12/h2-5H,10H2,1H3. The summed E-state index contributed by atoms with van der Waals surface area (Å²) in [6.45, 7) is 2.02. The summed E-state index contributed by atoms with van der Waals surface area (Å²) in [4.78, 5) is 15.8. The van der Waals surface area contributed by atoms with E-state index >= 15 is 0 Å². The van der Waals surface area contributed by atoms with Gasteiger partial charge in [-0.15, -0.1) is 11.3 Å². The average Bonchev–Trinajstić information content (AvgIpc) is 2.57. The first-order valence-electron chi connectivity index (χ1n) is 4.07. The number of aromatic nitrogens is 2. The molecule has 2 N–H and O–H groups in total. The third kappa shape index (κ3) is 1.54. The van der Waals surface area contributed by atoms with E-state index < -0.39 is 0 Å². The van der Waals surface area contributed by atoms with Crippen LogP contribution in [0.5, 0.6) is 0 Å². The Morgan fingerprint density at radius 1 is 1.50 bits per heavy atom. The predicted octanol–water partition coefficient (Wildman–Crippen LogP) is 1.18. The van der Waals surface area contributed by atoms with E-state index in [0.29, 0.717) is 0 Å². The lowest BCUT2D eigenvalue weighted by molar-refractivity contribution is 0.985. The fraction of sp³-hybridized carbons (Fsp3) is 0.111. The van der Waals surface area contributed by atoms with Crippen LogP contribution in [0.4, 0.5) is 5.69 Å². The molecule has 2 rings (SSSR count). The van der Waals surface area contributed by atoms with Crippen LogP contribution in [0.15, 0.2) is 29.5 Å². The van der Waals surface area contributed by atoms with Crippen LogP contribution in [0.3, 0.4) is 0 Å². The smallest absolute Gasteiger partial charge is 0.295 e. The molecule has 0 unspecified atom stereocenters. The Morgan fingerprint density at radius 2 is 2.29 bits per heavy atom. The van der Waals surface area contributed by atoms with Gasteiger partial charge in [0.25, 0.3) is 5.56 Å². The Balaban J connectivity index is 2.52. The van der Waals surface area contributed by atoms with Gasteiger partial charge in [-0.2, -0.15) is 4.98 Å². The number of hydrogen-bond donors (Lipinski definition) is 1. The molecule has 0 saturated heterocycles. The maximum atomic E-state index is 11.0. The van der Waals surface area contributed by atoms with Gasteiger partial charge in [-0.1, -0.05) is 0 Å². The summed E-state index contributed by atoms with van der Waals surface area (Å²) in [5, 5.41) is 1.00. The van der Waals surface area contributed by atoms with Crippen molar-refractivity contribution in [1.29, 1.82) is 0 Å². The molecule has 0 fully saturated rings. The molecule has 0 spiro atoms. The Labute approximate surface area is 84.6 Å². The molecular formula is C9H9N3OS. The van der Waals surface area contributed by atoms with Crippen LogP contribution >= 0.6 is 11.3 Å². The predicted molar refractivity (Wildman–Crippen MR) is 56.9 cm³/mol. The number of nitrogens with two attached hydrogens (primary N) is 1. The minimum absolute atomic E-state index is 0.165. The first kappa shape index (κ1) is 8.96. The number of nitrogens with zero attached hydrogens (tertiary/aromatic N) is 2. The van der Waals surface area contributed by atoms with Gasteiger partial charge in [-0.25, -0.2) is 0 Å². The summed E-state index contributed by atoms with van der Waals surface area (Å²) in [6, 6.07) is 3.97. The molecule has 0 aromatic carbocycles. The minimum atomic E-state index is -0.380. The average molecular weight is 207 g/mol. The fourth-order valence-electron chi connectivity index (χ4n) is 1.11. The highest BCUT2D eigenvalue weighted by Crippen LogP contribution is 2.19. The third-order valence-electron chi connectivity index (χ3n) is 1.81. The van der Waals surface area contributed by atoms with Gasteiger partial charge in [-0.05, 0) is 19.1 Å². The van der Waals surface area contributed by atoms with Gasteiger partial charge in [0.15, 0.2) is 0 Å². The lowest BCUT2D eigenvalue weighted by Crippen LogP contribution is -2.13. The van der Waals surface area contributed by atoms with Crippen molar-refractivity contribution in [3.8, 4) is 5.00 Å². The molecule has 0 aliphatic carbocycles. The van der Waals surface area contributed by atoms with E-state index in [1.54, 1.807) is 22.1 Å². The maximum Gasteiger partial charge on any atom is 0.295 e. The van der Waals surface area contributed by atoms with E-state index in [1.165, 1.54) is 11.2 Å². The molecule has 2 aromatic heterocycles. The van der Waals surface area contributed by atoms with Crippen LogP contribution in [-0.4, -0.2) is 9.55 Å². The summed E-state index contributed by atoms with van der Waals surface area (Å²) in [5.74, 6) is 0. The van der Waals surface area contributed by atoms with E-state index in [2.05, 4.69) is 4.98 Å². The van der Waals surface area contributed by atoms with Crippen molar-refractivity contribution >= 4 is 17.0 Å².